The predicted molar refractivity (Wildman–Crippen MR) is 117 cm³/mol. The molecule has 0 fully saturated rings. The minimum absolute atomic E-state index is 0.0972. The zero-order chi connectivity index (χ0) is 22.8. The van der Waals surface area contributed by atoms with Crippen LogP contribution in [0.5, 0.6) is 0 Å². The summed E-state index contributed by atoms with van der Waals surface area (Å²) in [5, 5.41) is 11.0. The van der Waals surface area contributed by atoms with E-state index in [0.29, 0.717) is 20.5 Å². The maximum atomic E-state index is 14.7. The van der Waals surface area contributed by atoms with Crippen LogP contribution in [-0.4, -0.2) is 27.6 Å². The summed E-state index contributed by atoms with van der Waals surface area (Å²) >= 11 is 13.0. The highest BCUT2D eigenvalue weighted by atomic mass is 35.5. The molecule has 0 aliphatic heterocycles. The number of nitrogens with one attached hydrogen (secondary N) is 1. The number of benzene rings is 2. The molecule has 0 saturated heterocycles. The second kappa shape index (κ2) is 9.46. The molecular formula is C21H18Cl2F2N4OS. The molecule has 0 bridgehead atoms. The Labute approximate surface area is 192 Å². The van der Waals surface area contributed by atoms with Gasteiger partial charge < -0.3 is 5.32 Å². The molecule has 5 nitrogen and oxygen atoms in total. The SMILES string of the molecule is Cc1ccc(C(F)(F)CNC(=O)c2nc(C)nnc2Sc2ccc(Cl)c(Cl)c2)c(C)c1. The lowest BCUT2D eigenvalue weighted by molar-refractivity contribution is -0.00316. The summed E-state index contributed by atoms with van der Waals surface area (Å²) in [6.45, 7) is 4.12. The third kappa shape index (κ3) is 5.70. The van der Waals surface area contributed by atoms with Crippen LogP contribution in [0.25, 0.3) is 0 Å². The lowest BCUT2D eigenvalue weighted by atomic mass is 10.0. The van der Waals surface area contributed by atoms with Crippen LogP contribution in [0, 0.1) is 20.8 Å². The van der Waals surface area contributed by atoms with E-state index >= 15 is 0 Å². The van der Waals surface area contributed by atoms with Crippen molar-refractivity contribution in [3.05, 3.63) is 74.7 Å². The van der Waals surface area contributed by atoms with E-state index in [4.69, 9.17) is 23.2 Å². The fourth-order valence-electron chi connectivity index (χ4n) is 2.86. The first kappa shape index (κ1) is 23.4. The number of carbonyl (C=O) groups is 1. The second-order valence-corrected chi connectivity index (χ2v) is 8.77. The Morgan fingerprint density at radius 1 is 1.06 bits per heavy atom. The Kier molecular flexibility index (Phi) is 7.13. The molecular weight excluding hydrogens is 465 g/mol. The third-order valence-electron chi connectivity index (χ3n) is 4.33. The number of aryl methyl sites for hydroxylation is 3. The van der Waals surface area contributed by atoms with Crippen molar-refractivity contribution in [3.63, 3.8) is 0 Å². The van der Waals surface area contributed by atoms with Crippen molar-refractivity contribution >= 4 is 40.9 Å². The zero-order valence-corrected chi connectivity index (χ0v) is 19.2. The van der Waals surface area contributed by atoms with Gasteiger partial charge in [0.15, 0.2) is 10.7 Å². The van der Waals surface area contributed by atoms with E-state index in [1.165, 1.54) is 6.07 Å². The van der Waals surface area contributed by atoms with Crippen LogP contribution in [0.3, 0.4) is 0 Å². The van der Waals surface area contributed by atoms with E-state index in [1.54, 1.807) is 44.2 Å². The van der Waals surface area contributed by atoms with Crippen molar-refractivity contribution in [1.29, 1.82) is 0 Å². The van der Waals surface area contributed by atoms with Gasteiger partial charge in [0, 0.05) is 10.5 Å². The first-order valence-electron chi connectivity index (χ1n) is 9.15. The highest BCUT2D eigenvalue weighted by Gasteiger charge is 2.34. The topological polar surface area (TPSA) is 67.8 Å². The van der Waals surface area contributed by atoms with Gasteiger partial charge in [0.05, 0.1) is 16.6 Å². The summed E-state index contributed by atoms with van der Waals surface area (Å²) in [6.07, 6.45) is 0. The van der Waals surface area contributed by atoms with Crippen molar-refractivity contribution in [3.8, 4) is 0 Å². The Hall–Kier alpha value is -2.29. The quantitative estimate of drug-likeness (QED) is 0.482. The van der Waals surface area contributed by atoms with Gasteiger partial charge >= 0.3 is 0 Å². The van der Waals surface area contributed by atoms with Gasteiger partial charge in [0.25, 0.3) is 11.8 Å². The number of alkyl halides is 2. The fourth-order valence-corrected chi connectivity index (χ4v) is 4.08. The van der Waals surface area contributed by atoms with Gasteiger partial charge in [-0.2, -0.15) is 8.78 Å². The number of amides is 1. The molecule has 162 valence electrons. The van der Waals surface area contributed by atoms with Crippen molar-refractivity contribution in [2.45, 2.75) is 36.6 Å². The summed E-state index contributed by atoms with van der Waals surface area (Å²) in [5.74, 6) is -3.78. The van der Waals surface area contributed by atoms with Crippen LogP contribution >= 0.6 is 35.0 Å². The van der Waals surface area contributed by atoms with Crippen LogP contribution in [-0.2, 0) is 5.92 Å². The van der Waals surface area contributed by atoms with Crippen LogP contribution in [0.2, 0.25) is 10.0 Å². The molecule has 0 aliphatic rings. The maximum Gasteiger partial charge on any atom is 0.290 e. The summed E-state index contributed by atoms with van der Waals surface area (Å²) in [7, 11) is 0. The number of rotatable bonds is 6. The lowest BCUT2D eigenvalue weighted by Gasteiger charge is -2.20. The van der Waals surface area contributed by atoms with Crippen molar-refractivity contribution in [2.75, 3.05) is 6.54 Å². The Bertz CT molecular complexity index is 1140. The number of aromatic nitrogens is 3. The van der Waals surface area contributed by atoms with E-state index in [-0.39, 0.29) is 22.1 Å². The maximum absolute atomic E-state index is 14.7. The zero-order valence-electron chi connectivity index (χ0n) is 16.8. The van der Waals surface area contributed by atoms with Crippen LogP contribution in [0.1, 0.15) is 33.0 Å². The van der Waals surface area contributed by atoms with Gasteiger partial charge in [-0.05, 0) is 44.5 Å². The number of halogens is 4. The van der Waals surface area contributed by atoms with E-state index < -0.39 is 18.4 Å². The van der Waals surface area contributed by atoms with E-state index in [1.807, 2.05) is 6.92 Å². The van der Waals surface area contributed by atoms with Crippen LogP contribution in [0.15, 0.2) is 46.3 Å². The molecule has 1 heterocycles. The molecule has 1 aromatic heterocycles. The molecule has 0 radical (unpaired) electrons. The summed E-state index contributed by atoms with van der Waals surface area (Å²) < 4.78 is 29.5. The van der Waals surface area contributed by atoms with Crippen molar-refractivity contribution < 1.29 is 13.6 Å². The average Bonchev–Trinajstić information content (AvgIpc) is 2.70. The number of hydrogen-bond acceptors (Lipinski definition) is 5. The Balaban J connectivity index is 1.81. The molecule has 1 amide bonds. The van der Waals surface area contributed by atoms with Gasteiger partial charge in [-0.1, -0.05) is 58.7 Å². The molecule has 31 heavy (non-hydrogen) atoms. The van der Waals surface area contributed by atoms with Gasteiger partial charge in [0.2, 0.25) is 0 Å². The monoisotopic (exact) mass is 482 g/mol. The summed E-state index contributed by atoms with van der Waals surface area (Å²) in [6, 6.07) is 9.56. The first-order valence-corrected chi connectivity index (χ1v) is 10.7. The van der Waals surface area contributed by atoms with Crippen molar-refractivity contribution in [2.24, 2.45) is 0 Å². The molecule has 3 aromatic rings. The van der Waals surface area contributed by atoms with Crippen molar-refractivity contribution in [1.82, 2.24) is 20.5 Å². The predicted octanol–water partition coefficient (Wildman–Crippen LogP) is 5.78. The van der Waals surface area contributed by atoms with Gasteiger partial charge in [-0.3, -0.25) is 4.79 Å². The molecule has 0 unspecified atom stereocenters. The average molecular weight is 483 g/mol. The minimum Gasteiger partial charge on any atom is -0.344 e. The summed E-state index contributed by atoms with van der Waals surface area (Å²) in [5.41, 5.74) is 1.10. The molecule has 0 aliphatic carbocycles. The highest BCUT2D eigenvalue weighted by Crippen LogP contribution is 2.33. The minimum atomic E-state index is -3.25. The smallest absolute Gasteiger partial charge is 0.290 e. The normalized spacial score (nSPS) is 11.5. The van der Waals surface area contributed by atoms with E-state index in [9.17, 15) is 13.6 Å². The molecule has 3 rings (SSSR count). The standard InChI is InChI=1S/C21H18Cl2F2N4OS/c1-11-4-6-15(12(2)8-11)21(24,25)10-26-19(30)18-20(29-28-13(3)27-18)31-14-5-7-16(22)17(23)9-14/h4-9H,10H2,1-3H3,(H,26,30). The van der Waals surface area contributed by atoms with Gasteiger partial charge in [-0.15, -0.1) is 10.2 Å². The Morgan fingerprint density at radius 2 is 1.81 bits per heavy atom. The van der Waals surface area contributed by atoms with Crippen LogP contribution < -0.4 is 5.32 Å². The first-order chi connectivity index (χ1) is 14.6. The third-order valence-corrected chi connectivity index (χ3v) is 6.03. The largest absolute Gasteiger partial charge is 0.344 e. The molecule has 0 saturated carbocycles. The number of nitrogens with zero attached hydrogens (tertiary/aromatic N) is 3. The van der Waals surface area contributed by atoms with E-state index in [2.05, 4.69) is 20.5 Å². The van der Waals surface area contributed by atoms with E-state index in [0.717, 1.165) is 17.3 Å². The Morgan fingerprint density at radius 3 is 2.48 bits per heavy atom. The van der Waals surface area contributed by atoms with Gasteiger partial charge in [0.1, 0.15) is 5.82 Å². The summed E-state index contributed by atoms with van der Waals surface area (Å²) in [4.78, 5) is 17.5. The molecule has 1 N–H and O–H groups in total. The fraction of sp³-hybridized carbons (Fsp3) is 0.238. The molecule has 10 heteroatoms. The molecule has 0 atom stereocenters. The highest BCUT2D eigenvalue weighted by molar-refractivity contribution is 7.99. The van der Waals surface area contributed by atoms with Crippen LogP contribution in [0.4, 0.5) is 8.78 Å². The number of carbonyl (C=O) groups excluding carboxylic acids is 1. The molecule has 2 aromatic carbocycles. The van der Waals surface area contributed by atoms with Gasteiger partial charge in [-0.25, -0.2) is 4.98 Å². The number of hydrogen-bond donors (Lipinski definition) is 1. The second-order valence-electron chi connectivity index (χ2n) is 6.90. The molecule has 0 spiro atoms. The lowest BCUT2D eigenvalue weighted by Crippen LogP contribution is -2.36.